The molecular weight excluding hydrogens is 368 g/mol. The van der Waals surface area contributed by atoms with E-state index in [0.717, 1.165) is 24.3 Å². The molecule has 1 saturated heterocycles. The largest absolute Gasteiger partial charge is 0.350 e. The lowest BCUT2D eigenvalue weighted by Gasteiger charge is -2.28. The smallest absolute Gasteiger partial charge is 0.257 e. The van der Waals surface area contributed by atoms with Gasteiger partial charge in [0.05, 0.1) is 26.0 Å². The summed E-state index contributed by atoms with van der Waals surface area (Å²) >= 11 is 0. The molecule has 0 bridgehead atoms. The van der Waals surface area contributed by atoms with Crippen LogP contribution in [0.5, 0.6) is 0 Å². The molecule has 29 heavy (non-hydrogen) atoms. The van der Waals surface area contributed by atoms with Crippen molar-refractivity contribution in [1.29, 1.82) is 0 Å². The van der Waals surface area contributed by atoms with Crippen LogP contribution >= 0.6 is 0 Å². The van der Waals surface area contributed by atoms with Crippen LogP contribution in [0.25, 0.3) is 0 Å². The summed E-state index contributed by atoms with van der Waals surface area (Å²) in [6.07, 6.45) is 5.74. The molecule has 1 aromatic carbocycles. The van der Waals surface area contributed by atoms with Crippen molar-refractivity contribution in [2.24, 2.45) is 27.3 Å². The predicted molar refractivity (Wildman–Crippen MR) is 111 cm³/mol. The molecule has 1 aromatic rings. The van der Waals surface area contributed by atoms with E-state index < -0.39 is 0 Å². The third-order valence-corrected chi connectivity index (χ3v) is 5.44. The van der Waals surface area contributed by atoms with Crippen LogP contribution in [-0.2, 0) is 9.47 Å². The SMILES string of the molecule is Cc1ccc(C#CC2CC2)cc1C(=O)NC(C=NCC1OCC2(CC2)CO1)=NN. The third kappa shape index (κ3) is 5.22. The van der Waals surface area contributed by atoms with Crippen molar-refractivity contribution in [2.75, 3.05) is 19.8 Å². The Balaban J connectivity index is 1.32. The average Bonchev–Trinajstić information content (AvgIpc) is 3.65. The van der Waals surface area contributed by atoms with Crippen LogP contribution in [0.15, 0.2) is 28.3 Å². The first-order valence-corrected chi connectivity index (χ1v) is 10.0. The lowest BCUT2D eigenvalue weighted by atomic mass is 10.0. The van der Waals surface area contributed by atoms with Gasteiger partial charge in [0.15, 0.2) is 12.1 Å². The molecular formula is C22H26N4O3. The van der Waals surface area contributed by atoms with Crippen molar-refractivity contribution in [3.05, 3.63) is 34.9 Å². The number of nitrogens with one attached hydrogen (secondary N) is 1. The Morgan fingerprint density at radius 1 is 1.34 bits per heavy atom. The summed E-state index contributed by atoms with van der Waals surface area (Å²) in [5.74, 6) is 12.2. The van der Waals surface area contributed by atoms with Crippen LogP contribution in [0.4, 0.5) is 0 Å². The second kappa shape index (κ2) is 8.36. The van der Waals surface area contributed by atoms with E-state index in [4.69, 9.17) is 15.3 Å². The first kappa shape index (κ1) is 19.6. The molecule has 152 valence electrons. The van der Waals surface area contributed by atoms with Gasteiger partial charge in [-0.1, -0.05) is 17.9 Å². The number of hydrogen-bond donors (Lipinski definition) is 2. The van der Waals surface area contributed by atoms with Gasteiger partial charge in [0.2, 0.25) is 0 Å². The quantitative estimate of drug-likeness (QED) is 0.268. The van der Waals surface area contributed by atoms with Gasteiger partial charge in [0.25, 0.3) is 5.91 Å². The Kier molecular flexibility index (Phi) is 5.65. The van der Waals surface area contributed by atoms with E-state index >= 15 is 0 Å². The van der Waals surface area contributed by atoms with Gasteiger partial charge in [-0.25, -0.2) is 0 Å². The minimum absolute atomic E-state index is 0.179. The van der Waals surface area contributed by atoms with Gasteiger partial charge in [0, 0.05) is 22.5 Å². The number of carbonyl (C=O) groups excluding carboxylic acids is 1. The van der Waals surface area contributed by atoms with Crippen LogP contribution in [0.1, 0.15) is 47.2 Å². The molecule has 0 aromatic heterocycles. The monoisotopic (exact) mass is 394 g/mol. The highest BCUT2D eigenvalue weighted by atomic mass is 16.7. The van der Waals surface area contributed by atoms with Gasteiger partial charge >= 0.3 is 0 Å². The third-order valence-electron chi connectivity index (χ3n) is 5.44. The molecule has 2 aliphatic carbocycles. The van der Waals surface area contributed by atoms with Gasteiger partial charge in [-0.05, 0) is 50.3 Å². The number of nitrogens with zero attached hydrogens (tertiary/aromatic N) is 2. The van der Waals surface area contributed by atoms with Crippen molar-refractivity contribution >= 4 is 18.0 Å². The van der Waals surface area contributed by atoms with Crippen LogP contribution < -0.4 is 11.2 Å². The summed E-state index contributed by atoms with van der Waals surface area (Å²) in [5.41, 5.74) is 2.47. The molecule has 3 fully saturated rings. The summed E-state index contributed by atoms with van der Waals surface area (Å²) in [5, 5.41) is 6.31. The van der Waals surface area contributed by atoms with Gasteiger partial charge in [-0.2, -0.15) is 5.10 Å². The second-order valence-electron chi connectivity index (χ2n) is 8.09. The van der Waals surface area contributed by atoms with Gasteiger partial charge < -0.3 is 20.6 Å². The lowest BCUT2D eigenvalue weighted by molar-refractivity contribution is -0.201. The van der Waals surface area contributed by atoms with E-state index in [-0.39, 0.29) is 23.4 Å². The molecule has 7 nitrogen and oxygen atoms in total. The van der Waals surface area contributed by atoms with Crippen molar-refractivity contribution in [1.82, 2.24) is 5.32 Å². The molecule has 7 heteroatoms. The van der Waals surface area contributed by atoms with Crippen molar-refractivity contribution in [3.63, 3.8) is 0 Å². The van der Waals surface area contributed by atoms with Gasteiger partial charge in [-0.15, -0.1) is 0 Å². The predicted octanol–water partition coefficient (Wildman–Crippen LogP) is 1.98. The minimum atomic E-state index is -0.365. The number of hydrazone groups is 1. The summed E-state index contributed by atoms with van der Waals surface area (Å²) in [7, 11) is 0. The highest BCUT2D eigenvalue weighted by Crippen LogP contribution is 2.48. The summed E-state index contributed by atoms with van der Waals surface area (Å²) < 4.78 is 11.4. The molecule has 1 heterocycles. The maximum absolute atomic E-state index is 12.7. The Morgan fingerprint density at radius 2 is 2.10 bits per heavy atom. The lowest BCUT2D eigenvalue weighted by Crippen LogP contribution is -2.36. The van der Waals surface area contributed by atoms with Gasteiger partial charge in [0.1, 0.15) is 0 Å². The number of benzene rings is 1. The zero-order valence-electron chi connectivity index (χ0n) is 16.6. The number of aryl methyl sites for hydroxylation is 1. The van der Waals surface area contributed by atoms with E-state index in [1.54, 1.807) is 6.07 Å². The number of amides is 1. The number of hydrogen-bond acceptors (Lipinski definition) is 6. The Hall–Kier alpha value is -2.69. The van der Waals surface area contributed by atoms with Crippen molar-refractivity contribution < 1.29 is 14.3 Å². The zero-order valence-corrected chi connectivity index (χ0v) is 16.6. The average molecular weight is 394 g/mol. The molecule has 0 atom stereocenters. The Labute approximate surface area is 170 Å². The molecule has 0 radical (unpaired) electrons. The van der Waals surface area contributed by atoms with Crippen molar-refractivity contribution in [3.8, 4) is 11.8 Å². The molecule has 0 unspecified atom stereocenters. The molecule has 2 saturated carbocycles. The number of aliphatic imine (C=N–C) groups is 1. The van der Waals surface area contributed by atoms with E-state index in [1.807, 2.05) is 19.1 Å². The van der Waals surface area contributed by atoms with E-state index in [9.17, 15) is 4.79 Å². The second-order valence-corrected chi connectivity index (χ2v) is 8.09. The number of amidine groups is 1. The summed E-state index contributed by atoms with van der Waals surface area (Å²) in [6.45, 7) is 3.66. The topological polar surface area (TPSA) is 98.3 Å². The van der Waals surface area contributed by atoms with Gasteiger partial charge in [-0.3, -0.25) is 9.79 Å². The zero-order chi connectivity index (χ0) is 20.3. The number of nitrogens with two attached hydrogens (primary N) is 1. The first-order chi connectivity index (χ1) is 14.1. The minimum Gasteiger partial charge on any atom is -0.350 e. The highest BCUT2D eigenvalue weighted by Gasteiger charge is 2.46. The van der Waals surface area contributed by atoms with E-state index in [0.29, 0.717) is 18.0 Å². The number of carbonyl (C=O) groups is 1. The fourth-order valence-electron chi connectivity index (χ4n) is 3.06. The summed E-state index contributed by atoms with van der Waals surface area (Å²) in [4.78, 5) is 16.9. The van der Waals surface area contributed by atoms with Crippen LogP contribution in [0, 0.1) is 30.1 Å². The molecule has 1 aliphatic heterocycles. The maximum atomic E-state index is 12.7. The number of rotatable bonds is 4. The Bertz CT molecular complexity index is 894. The number of ether oxygens (including phenoxy) is 2. The fourth-order valence-corrected chi connectivity index (χ4v) is 3.06. The van der Waals surface area contributed by atoms with Crippen molar-refractivity contribution in [2.45, 2.75) is 38.9 Å². The van der Waals surface area contributed by atoms with E-state index in [2.05, 4.69) is 27.3 Å². The first-order valence-electron chi connectivity index (χ1n) is 10.0. The van der Waals surface area contributed by atoms with E-state index in [1.165, 1.54) is 31.9 Å². The maximum Gasteiger partial charge on any atom is 0.257 e. The normalized spacial score (nSPS) is 21.1. The molecule has 3 aliphatic rings. The highest BCUT2D eigenvalue weighted by molar-refractivity contribution is 6.33. The summed E-state index contributed by atoms with van der Waals surface area (Å²) in [6, 6.07) is 5.61. The fraction of sp³-hybridized carbons (Fsp3) is 0.500. The Morgan fingerprint density at radius 3 is 2.76 bits per heavy atom. The van der Waals surface area contributed by atoms with Crippen LogP contribution in [0.3, 0.4) is 0 Å². The molecule has 1 amide bonds. The van der Waals surface area contributed by atoms with Crippen LogP contribution in [0.2, 0.25) is 0 Å². The van der Waals surface area contributed by atoms with Crippen LogP contribution in [-0.4, -0.2) is 44.0 Å². The molecule has 1 spiro atoms. The standard InChI is InChI=1S/C22H26N4O3/c1-15-2-3-17(7-6-16-4-5-16)10-18(15)21(27)25-19(26-23)11-24-12-20-28-13-22(8-9-22)14-29-20/h2-3,10-11,16,20H,4-5,8-9,12-14,23H2,1H3,(H,25,26,27). The molecule has 4 rings (SSSR count). The molecule has 3 N–H and O–H groups in total.